The molecule has 1 atom stereocenters. The Balaban J connectivity index is 1.92. The van der Waals surface area contributed by atoms with Crippen LogP contribution >= 0.6 is 11.6 Å². The van der Waals surface area contributed by atoms with Crippen LogP contribution in [-0.4, -0.2) is 31.1 Å². The molecule has 144 valence electrons. The van der Waals surface area contributed by atoms with Crippen LogP contribution < -0.4 is 5.43 Å². The maximum Gasteiger partial charge on any atom is 0.290 e. The largest absolute Gasteiger partial charge is 0.450 e. The van der Waals surface area contributed by atoms with Crippen LogP contribution in [0.3, 0.4) is 0 Å². The Labute approximate surface area is 167 Å². The van der Waals surface area contributed by atoms with Gasteiger partial charge in [-0.2, -0.15) is 0 Å². The molecule has 1 aliphatic rings. The minimum atomic E-state index is -0.486. The number of hydrogen-bond donors (Lipinski definition) is 0. The van der Waals surface area contributed by atoms with Gasteiger partial charge in [0.1, 0.15) is 5.58 Å². The first-order chi connectivity index (χ1) is 13.5. The molecule has 2 aromatic carbocycles. The highest BCUT2D eigenvalue weighted by Gasteiger charge is 2.42. The molecule has 5 nitrogen and oxygen atoms in total. The Kier molecular flexibility index (Phi) is 4.96. The summed E-state index contributed by atoms with van der Waals surface area (Å²) in [5.74, 6) is -0.159. The first-order valence-corrected chi connectivity index (χ1v) is 9.52. The molecule has 0 bridgehead atoms. The van der Waals surface area contributed by atoms with Crippen molar-refractivity contribution in [2.45, 2.75) is 19.4 Å². The van der Waals surface area contributed by atoms with Crippen molar-refractivity contribution < 1.29 is 13.9 Å². The molecule has 1 aromatic heterocycles. The fourth-order valence-corrected chi connectivity index (χ4v) is 3.87. The maximum absolute atomic E-state index is 13.3. The summed E-state index contributed by atoms with van der Waals surface area (Å²) in [7, 11) is 1.62. The first-order valence-electron chi connectivity index (χ1n) is 9.14. The number of halogens is 1. The van der Waals surface area contributed by atoms with Gasteiger partial charge in [0.05, 0.1) is 17.0 Å². The van der Waals surface area contributed by atoms with Gasteiger partial charge in [-0.05, 0) is 37.1 Å². The zero-order chi connectivity index (χ0) is 19.8. The number of ether oxygens (including phenoxy) is 1. The fraction of sp³-hybridized carbons (Fsp3) is 0.273. The van der Waals surface area contributed by atoms with Crippen molar-refractivity contribution in [3.8, 4) is 0 Å². The van der Waals surface area contributed by atoms with Gasteiger partial charge >= 0.3 is 0 Å². The number of benzene rings is 2. The normalized spacial score (nSPS) is 16.0. The Hall–Kier alpha value is -2.63. The topological polar surface area (TPSA) is 59.8 Å². The number of rotatable bonds is 5. The number of hydrogen-bond acceptors (Lipinski definition) is 4. The molecule has 6 heteroatoms. The standard InChI is InChI=1S/C22H20ClNO4/c1-13-4-6-14(7-5-13)19-18-20(25)16-12-15(23)8-9-17(16)28-21(18)22(26)24(19)10-3-11-27-2/h4-9,12,19H,3,10-11H2,1-2H3. The number of carbonyl (C=O) groups excluding carboxylic acids is 1. The van der Waals surface area contributed by atoms with Crippen molar-refractivity contribution in [2.24, 2.45) is 0 Å². The van der Waals surface area contributed by atoms with Crippen LogP contribution in [0.5, 0.6) is 0 Å². The first kappa shape index (κ1) is 18.7. The molecule has 1 amide bonds. The molecule has 0 saturated carbocycles. The van der Waals surface area contributed by atoms with E-state index in [-0.39, 0.29) is 17.1 Å². The highest BCUT2D eigenvalue weighted by Crippen LogP contribution is 2.38. The number of amides is 1. The number of fused-ring (bicyclic) bond motifs is 2. The van der Waals surface area contributed by atoms with Gasteiger partial charge in [0, 0.05) is 25.3 Å². The highest BCUT2D eigenvalue weighted by atomic mass is 35.5. The second-order valence-electron chi connectivity index (χ2n) is 6.97. The van der Waals surface area contributed by atoms with Gasteiger partial charge in [-0.1, -0.05) is 41.4 Å². The molecule has 0 fully saturated rings. The molecule has 3 aromatic rings. The van der Waals surface area contributed by atoms with E-state index in [9.17, 15) is 9.59 Å². The smallest absolute Gasteiger partial charge is 0.290 e. The molecular weight excluding hydrogens is 378 g/mol. The van der Waals surface area contributed by atoms with Gasteiger partial charge < -0.3 is 14.1 Å². The van der Waals surface area contributed by atoms with Gasteiger partial charge in [-0.25, -0.2) is 0 Å². The minimum Gasteiger partial charge on any atom is -0.450 e. The van der Waals surface area contributed by atoms with Gasteiger partial charge in [0.2, 0.25) is 5.76 Å². The molecule has 4 rings (SSSR count). The van der Waals surface area contributed by atoms with Crippen LogP contribution in [0.25, 0.3) is 11.0 Å². The Morgan fingerprint density at radius 1 is 1.14 bits per heavy atom. The van der Waals surface area contributed by atoms with Crippen molar-refractivity contribution in [3.05, 3.63) is 80.2 Å². The van der Waals surface area contributed by atoms with E-state index >= 15 is 0 Å². The van der Waals surface area contributed by atoms with Crippen LogP contribution in [0.2, 0.25) is 5.02 Å². The predicted octanol–water partition coefficient (Wildman–Crippen LogP) is 4.34. The van der Waals surface area contributed by atoms with Crippen molar-refractivity contribution in [2.75, 3.05) is 20.3 Å². The molecule has 0 radical (unpaired) electrons. The Morgan fingerprint density at radius 3 is 2.61 bits per heavy atom. The molecule has 2 heterocycles. The van der Waals surface area contributed by atoms with E-state index in [2.05, 4.69) is 0 Å². The molecule has 28 heavy (non-hydrogen) atoms. The zero-order valence-electron chi connectivity index (χ0n) is 15.7. The third kappa shape index (κ3) is 3.11. The summed E-state index contributed by atoms with van der Waals surface area (Å²) in [6, 6.07) is 12.2. The summed E-state index contributed by atoms with van der Waals surface area (Å²) in [5, 5.41) is 0.836. The van der Waals surface area contributed by atoms with Crippen LogP contribution in [0.1, 0.15) is 39.7 Å². The van der Waals surface area contributed by atoms with Crippen LogP contribution in [0, 0.1) is 6.92 Å². The molecule has 0 spiro atoms. The Bertz CT molecular complexity index is 1100. The third-order valence-corrected chi connectivity index (χ3v) is 5.30. The van der Waals surface area contributed by atoms with E-state index < -0.39 is 6.04 Å². The average molecular weight is 398 g/mol. The van der Waals surface area contributed by atoms with Crippen LogP contribution in [-0.2, 0) is 4.74 Å². The second kappa shape index (κ2) is 7.41. The predicted molar refractivity (Wildman–Crippen MR) is 108 cm³/mol. The van der Waals surface area contributed by atoms with E-state index in [0.717, 1.165) is 11.1 Å². The van der Waals surface area contributed by atoms with Crippen LogP contribution in [0.4, 0.5) is 0 Å². The number of aryl methyl sites for hydroxylation is 1. The summed E-state index contributed by atoms with van der Waals surface area (Å²) in [5.41, 5.74) is 2.51. The van der Waals surface area contributed by atoms with E-state index in [1.54, 1.807) is 30.2 Å². The molecule has 1 unspecified atom stereocenters. The SMILES string of the molecule is COCCCN1C(=O)c2oc3ccc(Cl)cc3c(=O)c2C1c1ccc(C)cc1. The van der Waals surface area contributed by atoms with E-state index in [4.69, 9.17) is 20.8 Å². The Morgan fingerprint density at radius 2 is 1.89 bits per heavy atom. The second-order valence-corrected chi connectivity index (χ2v) is 7.41. The monoisotopic (exact) mass is 397 g/mol. The summed E-state index contributed by atoms with van der Waals surface area (Å²) < 4.78 is 11.0. The number of carbonyl (C=O) groups is 1. The lowest BCUT2D eigenvalue weighted by atomic mass is 9.97. The zero-order valence-corrected chi connectivity index (χ0v) is 16.5. The molecule has 0 saturated heterocycles. The van der Waals surface area contributed by atoms with Crippen molar-refractivity contribution in [3.63, 3.8) is 0 Å². The molecule has 0 N–H and O–H groups in total. The average Bonchev–Trinajstić information content (AvgIpc) is 2.96. The molecular formula is C22H20ClNO4. The van der Waals surface area contributed by atoms with E-state index in [1.807, 2.05) is 31.2 Å². The number of nitrogens with zero attached hydrogens (tertiary/aromatic N) is 1. The van der Waals surface area contributed by atoms with Crippen molar-refractivity contribution >= 4 is 28.5 Å². The van der Waals surface area contributed by atoms with E-state index in [0.29, 0.717) is 41.1 Å². The third-order valence-electron chi connectivity index (χ3n) is 5.07. The van der Waals surface area contributed by atoms with Crippen molar-refractivity contribution in [1.82, 2.24) is 4.90 Å². The van der Waals surface area contributed by atoms with Gasteiger partial charge in [0.15, 0.2) is 5.43 Å². The highest BCUT2D eigenvalue weighted by molar-refractivity contribution is 6.31. The van der Waals surface area contributed by atoms with Gasteiger partial charge in [-0.15, -0.1) is 0 Å². The molecule has 1 aliphatic heterocycles. The lowest BCUT2D eigenvalue weighted by Gasteiger charge is -2.25. The maximum atomic E-state index is 13.3. The molecule has 0 aliphatic carbocycles. The minimum absolute atomic E-state index is 0.114. The lowest BCUT2D eigenvalue weighted by molar-refractivity contribution is 0.0708. The van der Waals surface area contributed by atoms with E-state index in [1.165, 1.54) is 0 Å². The van der Waals surface area contributed by atoms with Crippen LogP contribution in [0.15, 0.2) is 51.7 Å². The summed E-state index contributed by atoms with van der Waals surface area (Å²) >= 11 is 6.08. The fourth-order valence-electron chi connectivity index (χ4n) is 3.70. The number of methoxy groups -OCH3 is 1. The summed E-state index contributed by atoms with van der Waals surface area (Å²) in [6.45, 7) is 2.99. The van der Waals surface area contributed by atoms with Gasteiger partial charge in [-0.3, -0.25) is 9.59 Å². The summed E-state index contributed by atoms with van der Waals surface area (Å²) in [4.78, 5) is 28.1. The van der Waals surface area contributed by atoms with Crippen molar-refractivity contribution in [1.29, 1.82) is 0 Å². The quantitative estimate of drug-likeness (QED) is 0.601. The lowest BCUT2D eigenvalue weighted by Crippen LogP contribution is -2.31. The van der Waals surface area contributed by atoms with Gasteiger partial charge in [0.25, 0.3) is 5.91 Å². The summed E-state index contributed by atoms with van der Waals surface area (Å²) in [6.07, 6.45) is 0.665.